The van der Waals surface area contributed by atoms with Crippen LogP contribution in [0, 0.1) is 6.92 Å². The summed E-state index contributed by atoms with van der Waals surface area (Å²) >= 11 is 2.83. The second-order valence-corrected chi connectivity index (χ2v) is 6.12. The molecule has 0 aromatic carbocycles. The van der Waals surface area contributed by atoms with Crippen molar-refractivity contribution >= 4 is 35.2 Å². The molecule has 2 rings (SSSR count). The van der Waals surface area contributed by atoms with Crippen LogP contribution in [-0.4, -0.2) is 32.6 Å². The van der Waals surface area contributed by atoms with Crippen molar-refractivity contribution in [2.24, 2.45) is 12.1 Å². The summed E-state index contributed by atoms with van der Waals surface area (Å²) in [5.41, 5.74) is 3.40. The van der Waals surface area contributed by atoms with Gasteiger partial charge in [-0.2, -0.15) is 5.10 Å². The smallest absolute Gasteiger partial charge is 0.250 e. The van der Waals surface area contributed by atoms with Crippen LogP contribution in [0.4, 0.5) is 0 Å². The van der Waals surface area contributed by atoms with E-state index in [4.69, 9.17) is 0 Å². The third-order valence-corrected chi connectivity index (χ3v) is 4.18. The van der Waals surface area contributed by atoms with Crippen LogP contribution in [0.5, 0.6) is 0 Å². The number of carbonyl (C=O) groups excluding carboxylic acids is 1. The maximum atomic E-state index is 11.5. The number of thioether (sulfide) groups is 1. The van der Waals surface area contributed by atoms with Crippen molar-refractivity contribution in [2.75, 3.05) is 5.75 Å². The molecule has 0 atom stereocenters. The van der Waals surface area contributed by atoms with Gasteiger partial charge in [0.25, 0.3) is 5.91 Å². The van der Waals surface area contributed by atoms with Crippen molar-refractivity contribution in [3.8, 4) is 0 Å². The number of hydrazone groups is 1. The number of aryl methyl sites for hydroxylation is 2. The average molecular weight is 295 g/mol. The molecule has 2 heterocycles. The number of hydrogen-bond donors (Lipinski definition) is 1. The van der Waals surface area contributed by atoms with Gasteiger partial charge in [-0.25, -0.2) is 5.43 Å². The van der Waals surface area contributed by atoms with Gasteiger partial charge in [-0.15, -0.1) is 10.2 Å². The molecule has 2 aromatic rings. The van der Waals surface area contributed by atoms with Gasteiger partial charge in [-0.3, -0.25) is 4.79 Å². The second-order valence-electron chi connectivity index (χ2n) is 3.71. The van der Waals surface area contributed by atoms with Gasteiger partial charge in [0.1, 0.15) is 5.01 Å². The van der Waals surface area contributed by atoms with Gasteiger partial charge < -0.3 is 4.57 Å². The number of rotatable bonds is 5. The minimum Gasteiger partial charge on any atom is -0.350 e. The van der Waals surface area contributed by atoms with Crippen LogP contribution in [0.3, 0.4) is 0 Å². The quantitative estimate of drug-likeness (QED) is 0.514. The molecular weight excluding hydrogens is 282 g/mol. The Morgan fingerprint density at radius 2 is 2.47 bits per heavy atom. The predicted octanol–water partition coefficient (Wildman–Crippen LogP) is 1.43. The molecule has 0 fully saturated rings. The normalized spacial score (nSPS) is 11.1. The molecule has 100 valence electrons. The summed E-state index contributed by atoms with van der Waals surface area (Å²) in [7, 11) is 1.91. The van der Waals surface area contributed by atoms with Gasteiger partial charge in [-0.1, -0.05) is 23.1 Å². The first-order valence-electron chi connectivity index (χ1n) is 5.51. The fourth-order valence-electron chi connectivity index (χ4n) is 1.28. The number of aromatic nitrogens is 3. The lowest BCUT2D eigenvalue weighted by Crippen LogP contribution is -2.19. The Bertz CT molecular complexity index is 589. The Kier molecular flexibility index (Phi) is 4.69. The summed E-state index contributed by atoms with van der Waals surface area (Å²) in [6, 6.07) is 3.82. The van der Waals surface area contributed by atoms with E-state index >= 15 is 0 Å². The van der Waals surface area contributed by atoms with Crippen LogP contribution in [0.15, 0.2) is 27.8 Å². The van der Waals surface area contributed by atoms with Crippen molar-refractivity contribution in [2.45, 2.75) is 11.3 Å². The highest BCUT2D eigenvalue weighted by Crippen LogP contribution is 2.21. The standard InChI is InChI=1S/C11H13N5OS2/c1-8-13-15-11(19-8)18-7-10(17)14-12-6-9-4-3-5-16(9)2/h3-6H,7H2,1-2H3,(H,14,17). The van der Waals surface area contributed by atoms with Crippen molar-refractivity contribution in [1.82, 2.24) is 20.2 Å². The zero-order valence-electron chi connectivity index (χ0n) is 10.5. The van der Waals surface area contributed by atoms with Crippen LogP contribution in [0.2, 0.25) is 0 Å². The molecule has 1 amide bonds. The first-order chi connectivity index (χ1) is 9.15. The molecule has 0 bridgehead atoms. The molecular formula is C11H13N5OS2. The van der Waals surface area contributed by atoms with E-state index in [1.54, 1.807) is 6.21 Å². The third kappa shape index (κ3) is 4.18. The number of amides is 1. The molecule has 0 saturated carbocycles. The predicted molar refractivity (Wildman–Crippen MR) is 76.5 cm³/mol. The van der Waals surface area contributed by atoms with Gasteiger partial charge in [0, 0.05) is 13.2 Å². The summed E-state index contributed by atoms with van der Waals surface area (Å²) < 4.78 is 2.70. The van der Waals surface area contributed by atoms with Crippen LogP contribution < -0.4 is 5.43 Å². The van der Waals surface area contributed by atoms with E-state index in [9.17, 15) is 4.79 Å². The van der Waals surface area contributed by atoms with Gasteiger partial charge in [-0.05, 0) is 19.1 Å². The Morgan fingerprint density at radius 3 is 3.11 bits per heavy atom. The molecule has 0 aliphatic heterocycles. The van der Waals surface area contributed by atoms with E-state index in [0.717, 1.165) is 15.0 Å². The van der Waals surface area contributed by atoms with Gasteiger partial charge >= 0.3 is 0 Å². The fraction of sp³-hybridized carbons (Fsp3) is 0.273. The lowest BCUT2D eigenvalue weighted by atomic mass is 10.5. The Labute approximate surface area is 118 Å². The zero-order chi connectivity index (χ0) is 13.7. The highest BCUT2D eigenvalue weighted by molar-refractivity contribution is 8.01. The lowest BCUT2D eigenvalue weighted by Gasteiger charge is -1.98. The minimum absolute atomic E-state index is 0.164. The molecule has 8 heteroatoms. The van der Waals surface area contributed by atoms with E-state index in [1.807, 2.05) is 36.9 Å². The summed E-state index contributed by atoms with van der Waals surface area (Å²) in [5.74, 6) is 0.113. The molecule has 0 unspecified atom stereocenters. The number of nitrogens with one attached hydrogen (secondary N) is 1. The first-order valence-corrected chi connectivity index (χ1v) is 7.31. The summed E-state index contributed by atoms with van der Waals surface area (Å²) in [5, 5.41) is 12.6. The second kappa shape index (κ2) is 6.48. The molecule has 0 saturated heterocycles. The number of nitrogens with zero attached hydrogens (tertiary/aromatic N) is 4. The molecule has 0 aliphatic rings. The molecule has 19 heavy (non-hydrogen) atoms. The van der Waals surface area contributed by atoms with Crippen molar-refractivity contribution < 1.29 is 4.79 Å². The fourth-order valence-corrected chi connectivity index (χ4v) is 2.88. The van der Waals surface area contributed by atoms with Gasteiger partial charge in [0.2, 0.25) is 0 Å². The Hall–Kier alpha value is -1.67. The Morgan fingerprint density at radius 1 is 1.63 bits per heavy atom. The molecule has 1 N–H and O–H groups in total. The Balaban J connectivity index is 1.76. The van der Waals surface area contributed by atoms with E-state index < -0.39 is 0 Å². The number of carbonyl (C=O) groups is 1. The maximum Gasteiger partial charge on any atom is 0.250 e. The monoisotopic (exact) mass is 295 g/mol. The van der Waals surface area contributed by atoms with Crippen LogP contribution in [0.25, 0.3) is 0 Å². The topological polar surface area (TPSA) is 72.2 Å². The average Bonchev–Trinajstić information content (AvgIpc) is 2.96. The lowest BCUT2D eigenvalue weighted by molar-refractivity contribution is -0.118. The molecule has 0 spiro atoms. The van der Waals surface area contributed by atoms with Crippen LogP contribution >= 0.6 is 23.1 Å². The van der Waals surface area contributed by atoms with E-state index in [1.165, 1.54) is 23.1 Å². The molecule has 0 aliphatic carbocycles. The molecule has 2 aromatic heterocycles. The summed E-state index contributed by atoms with van der Waals surface area (Å²) in [6.07, 6.45) is 3.52. The van der Waals surface area contributed by atoms with E-state index in [-0.39, 0.29) is 11.7 Å². The zero-order valence-corrected chi connectivity index (χ0v) is 12.2. The van der Waals surface area contributed by atoms with Gasteiger partial charge in [0.15, 0.2) is 4.34 Å². The maximum absolute atomic E-state index is 11.5. The largest absolute Gasteiger partial charge is 0.350 e. The van der Waals surface area contributed by atoms with Crippen LogP contribution in [0.1, 0.15) is 10.7 Å². The third-order valence-electron chi connectivity index (χ3n) is 2.20. The van der Waals surface area contributed by atoms with E-state index in [0.29, 0.717) is 0 Å². The van der Waals surface area contributed by atoms with E-state index in [2.05, 4.69) is 20.7 Å². The first kappa shape index (κ1) is 13.8. The highest BCUT2D eigenvalue weighted by Gasteiger charge is 2.05. The van der Waals surface area contributed by atoms with Gasteiger partial charge in [0.05, 0.1) is 17.7 Å². The van der Waals surface area contributed by atoms with Crippen molar-refractivity contribution in [1.29, 1.82) is 0 Å². The summed E-state index contributed by atoms with van der Waals surface area (Å²) in [4.78, 5) is 11.5. The van der Waals surface area contributed by atoms with Crippen LogP contribution in [-0.2, 0) is 11.8 Å². The van der Waals surface area contributed by atoms with Crippen molar-refractivity contribution in [3.05, 3.63) is 29.0 Å². The van der Waals surface area contributed by atoms with Crippen molar-refractivity contribution in [3.63, 3.8) is 0 Å². The summed E-state index contributed by atoms with van der Waals surface area (Å²) in [6.45, 7) is 1.88. The SMILES string of the molecule is Cc1nnc(SCC(=O)NN=Cc2cccn2C)s1. The highest BCUT2D eigenvalue weighted by atomic mass is 32.2. The molecule has 6 nitrogen and oxygen atoms in total. The minimum atomic E-state index is -0.164. The molecule has 0 radical (unpaired) electrons. The number of hydrogen-bond acceptors (Lipinski definition) is 6.